The van der Waals surface area contributed by atoms with Crippen LogP contribution in [0.3, 0.4) is 0 Å². The van der Waals surface area contributed by atoms with Crippen LogP contribution in [0.4, 0.5) is 5.69 Å². The third kappa shape index (κ3) is 3.89. The van der Waals surface area contributed by atoms with Crippen molar-refractivity contribution in [1.29, 1.82) is 0 Å². The Hall–Kier alpha value is -1.71. The summed E-state index contributed by atoms with van der Waals surface area (Å²) >= 11 is 0. The van der Waals surface area contributed by atoms with Crippen molar-refractivity contribution in [3.63, 3.8) is 0 Å². The first-order valence-electron chi connectivity index (χ1n) is 7.68. The van der Waals surface area contributed by atoms with Crippen LogP contribution in [0.2, 0.25) is 0 Å². The second-order valence-electron chi connectivity index (χ2n) is 5.05. The number of guanidine groups is 1. The van der Waals surface area contributed by atoms with Gasteiger partial charge in [-0.2, -0.15) is 0 Å². The third-order valence-electron chi connectivity index (χ3n) is 3.52. The average molecular weight is 274 g/mol. The van der Waals surface area contributed by atoms with Gasteiger partial charge >= 0.3 is 0 Å². The van der Waals surface area contributed by atoms with E-state index in [0.29, 0.717) is 0 Å². The summed E-state index contributed by atoms with van der Waals surface area (Å²) in [6, 6.07) is 10.7. The highest BCUT2D eigenvalue weighted by molar-refractivity contribution is 5.80. The second-order valence-corrected chi connectivity index (χ2v) is 5.05. The van der Waals surface area contributed by atoms with Gasteiger partial charge in [-0.15, -0.1) is 0 Å². The van der Waals surface area contributed by atoms with Crippen molar-refractivity contribution in [2.45, 2.75) is 20.3 Å². The number of anilines is 1. The molecule has 1 heterocycles. The summed E-state index contributed by atoms with van der Waals surface area (Å²) in [7, 11) is 0. The van der Waals surface area contributed by atoms with Crippen LogP contribution in [0.15, 0.2) is 35.3 Å². The number of benzene rings is 1. The van der Waals surface area contributed by atoms with E-state index < -0.39 is 0 Å². The van der Waals surface area contributed by atoms with Gasteiger partial charge in [0.1, 0.15) is 0 Å². The summed E-state index contributed by atoms with van der Waals surface area (Å²) in [5.74, 6) is 1.07. The molecular weight excluding hydrogens is 248 g/mol. The molecule has 1 N–H and O–H groups in total. The lowest BCUT2D eigenvalue weighted by Crippen LogP contribution is -2.52. The minimum Gasteiger partial charge on any atom is -0.368 e. The van der Waals surface area contributed by atoms with E-state index >= 15 is 0 Å². The number of rotatable bonds is 4. The standard InChI is InChI=1S/C16H26N4/c1-3-10-18-16(17-4-2)20-13-11-19(12-14-20)15-8-6-5-7-9-15/h5-9H,3-4,10-14H2,1-2H3,(H,17,18). The summed E-state index contributed by atoms with van der Waals surface area (Å²) in [4.78, 5) is 9.48. The number of nitrogens with one attached hydrogen (secondary N) is 1. The minimum absolute atomic E-state index is 0.904. The zero-order valence-electron chi connectivity index (χ0n) is 12.7. The van der Waals surface area contributed by atoms with Crippen LogP contribution in [0, 0.1) is 0 Å². The first-order valence-corrected chi connectivity index (χ1v) is 7.68. The van der Waals surface area contributed by atoms with Gasteiger partial charge in [0.2, 0.25) is 0 Å². The Labute approximate surface area is 122 Å². The molecule has 0 saturated carbocycles. The minimum atomic E-state index is 0.904. The molecule has 1 saturated heterocycles. The summed E-state index contributed by atoms with van der Waals surface area (Å²) in [6.07, 6.45) is 1.10. The van der Waals surface area contributed by atoms with Crippen LogP contribution in [0.25, 0.3) is 0 Å². The molecule has 0 spiro atoms. The van der Waals surface area contributed by atoms with E-state index in [1.165, 1.54) is 5.69 Å². The van der Waals surface area contributed by atoms with E-state index in [4.69, 9.17) is 0 Å². The van der Waals surface area contributed by atoms with Crippen molar-refractivity contribution in [3.8, 4) is 0 Å². The monoisotopic (exact) mass is 274 g/mol. The first kappa shape index (κ1) is 14.7. The highest BCUT2D eigenvalue weighted by Crippen LogP contribution is 2.15. The van der Waals surface area contributed by atoms with E-state index in [1.54, 1.807) is 0 Å². The van der Waals surface area contributed by atoms with Gasteiger partial charge in [-0.25, -0.2) is 0 Å². The lowest BCUT2D eigenvalue weighted by atomic mass is 10.2. The molecule has 1 aromatic carbocycles. The number of aliphatic imine (C=N–C) groups is 1. The predicted octanol–water partition coefficient (Wildman–Crippen LogP) is 2.18. The third-order valence-corrected chi connectivity index (χ3v) is 3.52. The van der Waals surface area contributed by atoms with Crippen LogP contribution in [-0.2, 0) is 0 Å². The Morgan fingerprint density at radius 1 is 1.10 bits per heavy atom. The smallest absolute Gasteiger partial charge is 0.194 e. The lowest BCUT2D eigenvalue weighted by molar-refractivity contribution is 0.372. The van der Waals surface area contributed by atoms with E-state index in [1.807, 2.05) is 0 Å². The normalized spacial score (nSPS) is 16.4. The largest absolute Gasteiger partial charge is 0.368 e. The van der Waals surface area contributed by atoms with Gasteiger partial charge in [0, 0.05) is 45.0 Å². The van der Waals surface area contributed by atoms with Gasteiger partial charge in [0.15, 0.2) is 5.96 Å². The van der Waals surface area contributed by atoms with Gasteiger partial charge in [-0.1, -0.05) is 25.1 Å². The molecule has 0 unspecified atom stereocenters. The molecule has 0 amide bonds. The maximum Gasteiger partial charge on any atom is 0.194 e. The quantitative estimate of drug-likeness (QED) is 0.674. The lowest BCUT2D eigenvalue weighted by Gasteiger charge is -2.37. The first-order chi connectivity index (χ1) is 9.85. The van der Waals surface area contributed by atoms with Crippen LogP contribution in [0.5, 0.6) is 0 Å². The predicted molar refractivity (Wildman–Crippen MR) is 86.5 cm³/mol. The molecule has 0 bridgehead atoms. The fourth-order valence-corrected chi connectivity index (χ4v) is 2.46. The molecule has 110 valence electrons. The molecule has 0 radical (unpaired) electrons. The van der Waals surface area contributed by atoms with Crippen molar-refractivity contribution >= 4 is 11.6 Å². The van der Waals surface area contributed by atoms with Crippen LogP contribution in [0.1, 0.15) is 20.3 Å². The fraction of sp³-hybridized carbons (Fsp3) is 0.562. The maximum absolute atomic E-state index is 4.67. The van der Waals surface area contributed by atoms with E-state index in [2.05, 4.69) is 64.3 Å². The highest BCUT2D eigenvalue weighted by Gasteiger charge is 2.19. The Bertz CT molecular complexity index is 408. The molecule has 1 aliphatic rings. The molecule has 1 aliphatic heterocycles. The number of hydrogen-bond acceptors (Lipinski definition) is 2. The molecule has 4 nitrogen and oxygen atoms in total. The van der Waals surface area contributed by atoms with Crippen molar-refractivity contribution in [2.24, 2.45) is 4.99 Å². The number of piperazine rings is 1. The second kappa shape index (κ2) is 7.78. The summed E-state index contributed by atoms with van der Waals surface area (Å²) in [6.45, 7) is 10.3. The fourth-order valence-electron chi connectivity index (χ4n) is 2.46. The van der Waals surface area contributed by atoms with Gasteiger partial charge in [0.25, 0.3) is 0 Å². The maximum atomic E-state index is 4.67. The molecule has 1 aromatic rings. The van der Waals surface area contributed by atoms with E-state index in [0.717, 1.165) is 51.6 Å². The summed E-state index contributed by atoms with van der Waals surface area (Å²) in [5, 5.41) is 3.40. The molecule has 0 aromatic heterocycles. The van der Waals surface area contributed by atoms with Crippen LogP contribution >= 0.6 is 0 Å². The topological polar surface area (TPSA) is 30.9 Å². The highest BCUT2D eigenvalue weighted by atomic mass is 15.3. The van der Waals surface area contributed by atoms with Crippen molar-refractivity contribution < 1.29 is 0 Å². The summed E-state index contributed by atoms with van der Waals surface area (Å²) < 4.78 is 0. The molecular formula is C16H26N4. The Morgan fingerprint density at radius 3 is 2.40 bits per heavy atom. The van der Waals surface area contributed by atoms with Gasteiger partial charge in [-0.05, 0) is 25.5 Å². The number of nitrogens with zero attached hydrogens (tertiary/aromatic N) is 3. The van der Waals surface area contributed by atoms with Gasteiger partial charge in [-0.3, -0.25) is 4.99 Å². The van der Waals surface area contributed by atoms with Crippen LogP contribution < -0.4 is 10.2 Å². The van der Waals surface area contributed by atoms with Gasteiger partial charge < -0.3 is 15.1 Å². The molecule has 1 fully saturated rings. The Morgan fingerprint density at radius 2 is 1.80 bits per heavy atom. The molecule has 0 aliphatic carbocycles. The number of hydrogen-bond donors (Lipinski definition) is 1. The van der Waals surface area contributed by atoms with Crippen molar-refractivity contribution in [3.05, 3.63) is 30.3 Å². The zero-order chi connectivity index (χ0) is 14.2. The van der Waals surface area contributed by atoms with Gasteiger partial charge in [0.05, 0.1) is 0 Å². The summed E-state index contributed by atoms with van der Waals surface area (Å²) in [5.41, 5.74) is 1.32. The SMILES string of the molecule is CCCN=C(NCC)N1CCN(c2ccccc2)CC1. The molecule has 20 heavy (non-hydrogen) atoms. The Balaban J connectivity index is 1.92. The Kier molecular flexibility index (Phi) is 5.71. The van der Waals surface area contributed by atoms with Crippen LogP contribution in [-0.4, -0.2) is 50.1 Å². The van der Waals surface area contributed by atoms with Crippen molar-refractivity contribution in [1.82, 2.24) is 10.2 Å². The number of para-hydroxylation sites is 1. The molecule has 4 heteroatoms. The molecule has 2 rings (SSSR count). The molecule has 0 atom stereocenters. The zero-order valence-corrected chi connectivity index (χ0v) is 12.7. The average Bonchev–Trinajstić information content (AvgIpc) is 2.52. The van der Waals surface area contributed by atoms with E-state index in [-0.39, 0.29) is 0 Å². The van der Waals surface area contributed by atoms with Crippen molar-refractivity contribution in [2.75, 3.05) is 44.2 Å². The van der Waals surface area contributed by atoms with E-state index in [9.17, 15) is 0 Å².